The van der Waals surface area contributed by atoms with E-state index in [1.807, 2.05) is 41.3 Å². The van der Waals surface area contributed by atoms with Gasteiger partial charge in [0.05, 0.1) is 30.0 Å². The van der Waals surface area contributed by atoms with Crippen LogP contribution in [0.1, 0.15) is 16.7 Å². The van der Waals surface area contributed by atoms with Gasteiger partial charge in [0, 0.05) is 17.8 Å². The monoisotopic (exact) mass is 421 g/mol. The predicted molar refractivity (Wildman–Crippen MR) is 121 cm³/mol. The van der Waals surface area contributed by atoms with Crippen molar-refractivity contribution < 1.29 is 14.3 Å². The van der Waals surface area contributed by atoms with E-state index in [1.165, 1.54) is 4.90 Å². The fraction of sp³-hybridized carbons (Fsp3) is 0.115. The van der Waals surface area contributed by atoms with Crippen molar-refractivity contribution in [3.8, 4) is 11.8 Å². The molecular formula is C26H19N3O3. The zero-order valence-electron chi connectivity index (χ0n) is 17.4. The zero-order chi connectivity index (χ0) is 22.2. The van der Waals surface area contributed by atoms with E-state index in [9.17, 15) is 9.59 Å². The molecule has 0 N–H and O–H groups in total. The van der Waals surface area contributed by atoms with Crippen LogP contribution in [-0.2, 0) is 16.0 Å². The summed E-state index contributed by atoms with van der Waals surface area (Å²) in [5, 5.41) is 9.10. The Morgan fingerprint density at radius 3 is 2.38 bits per heavy atom. The van der Waals surface area contributed by atoms with Gasteiger partial charge < -0.3 is 9.64 Å². The summed E-state index contributed by atoms with van der Waals surface area (Å²) in [4.78, 5) is 30.6. The van der Waals surface area contributed by atoms with Gasteiger partial charge in [0.1, 0.15) is 11.4 Å². The van der Waals surface area contributed by atoms with Crippen LogP contribution in [0.5, 0.6) is 5.75 Å². The lowest BCUT2D eigenvalue weighted by molar-refractivity contribution is -0.120. The fourth-order valence-electron chi connectivity index (χ4n) is 4.35. The molecule has 3 aromatic carbocycles. The molecule has 0 aliphatic carbocycles. The maximum atomic E-state index is 13.8. The molecule has 156 valence electrons. The van der Waals surface area contributed by atoms with Crippen LogP contribution in [0.2, 0.25) is 0 Å². The van der Waals surface area contributed by atoms with Gasteiger partial charge in [-0.15, -0.1) is 0 Å². The van der Waals surface area contributed by atoms with Crippen LogP contribution >= 0.6 is 0 Å². The molecule has 0 radical (unpaired) electrons. The van der Waals surface area contributed by atoms with Crippen molar-refractivity contribution in [2.45, 2.75) is 6.42 Å². The summed E-state index contributed by atoms with van der Waals surface area (Å²) in [7, 11) is 1.55. The summed E-state index contributed by atoms with van der Waals surface area (Å²) in [5.74, 6) is -0.281. The van der Waals surface area contributed by atoms with Crippen LogP contribution in [0.15, 0.2) is 78.5 Å². The van der Waals surface area contributed by atoms with Gasteiger partial charge in [0.25, 0.3) is 11.8 Å². The minimum Gasteiger partial charge on any atom is -0.496 e. The van der Waals surface area contributed by atoms with E-state index in [1.54, 1.807) is 43.5 Å². The van der Waals surface area contributed by atoms with E-state index in [0.717, 1.165) is 17.7 Å². The van der Waals surface area contributed by atoms with E-state index >= 15 is 0 Å². The molecule has 2 heterocycles. The molecule has 0 spiro atoms. The molecule has 6 heteroatoms. The molecule has 32 heavy (non-hydrogen) atoms. The maximum absolute atomic E-state index is 13.8. The second-order valence-corrected chi connectivity index (χ2v) is 7.56. The summed E-state index contributed by atoms with van der Waals surface area (Å²) in [5.41, 5.74) is 4.17. The highest BCUT2D eigenvalue weighted by atomic mass is 16.5. The van der Waals surface area contributed by atoms with Crippen LogP contribution < -0.4 is 14.5 Å². The topological polar surface area (TPSA) is 73.6 Å². The first kappa shape index (κ1) is 19.6. The molecule has 0 saturated heterocycles. The van der Waals surface area contributed by atoms with Crippen LogP contribution in [0, 0.1) is 11.3 Å². The third-order valence-electron chi connectivity index (χ3n) is 5.85. The van der Waals surface area contributed by atoms with Gasteiger partial charge in [-0.25, -0.2) is 4.90 Å². The number of amides is 2. The van der Waals surface area contributed by atoms with Crippen LogP contribution in [0.3, 0.4) is 0 Å². The smallest absolute Gasteiger partial charge is 0.282 e. The Balaban J connectivity index is 1.70. The molecule has 2 aliphatic rings. The largest absolute Gasteiger partial charge is 0.496 e. The van der Waals surface area contributed by atoms with Gasteiger partial charge >= 0.3 is 0 Å². The molecule has 0 atom stereocenters. The van der Waals surface area contributed by atoms with Gasteiger partial charge in [0.2, 0.25) is 0 Å². The van der Waals surface area contributed by atoms with Crippen LogP contribution in [0.4, 0.5) is 11.4 Å². The van der Waals surface area contributed by atoms with E-state index in [-0.39, 0.29) is 0 Å². The van der Waals surface area contributed by atoms with E-state index < -0.39 is 11.8 Å². The number of anilines is 2. The predicted octanol–water partition coefficient (Wildman–Crippen LogP) is 3.91. The Morgan fingerprint density at radius 1 is 0.906 bits per heavy atom. The number of carbonyl (C=O) groups excluding carboxylic acids is 2. The van der Waals surface area contributed by atoms with Gasteiger partial charge in [-0.1, -0.05) is 36.4 Å². The lowest BCUT2D eigenvalue weighted by Crippen LogP contribution is -2.34. The number of rotatable bonds is 4. The van der Waals surface area contributed by atoms with Crippen LogP contribution in [0.25, 0.3) is 5.57 Å². The molecule has 5 rings (SSSR count). The second-order valence-electron chi connectivity index (χ2n) is 7.56. The first-order valence-electron chi connectivity index (χ1n) is 10.3. The van der Waals surface area contributed by atoms with Gasteiger partial charge in [-0.05, 0) is 48.4 Å². The lowest BCUT2D eigenvalue weighted by Gasteiger charge is -2.22. The van der Waals surface area contributed by atoms with E-state index in [4.69, 9.17) is 10.00 Å². The molecule has 2 amide bonds. The number of imide groups is 1. The number of carbonyl (C=O) groups is 2. The molecular weight excluding hydrogens is 402 g/mol. The minimum absolute atomic E-state index is 0.313. The number of nitriles is 1. The zero-order valence-corrected chi connectivity index (χ0v) is 17.4. The highest BCUT2D eigenvalue weighted by Crippen LogP contribution is 2.42. The summed E-state index contributed by atoms with van der Waals surface area (Å²) in [6.07, 6.45) is 0.789. The molecule has 3 aromatic rings. The maximum Gasteiger partial charge on any atom is 0.282 e. The van der Waals surface area contributed by atoms with Gasteiger partial charge in [-0.3, -0.25) is 9.59 Å². The number of hydrogen-bond acceptors (Lipinski definition) is 5. The molecule has 6 nitrogen and oxygen atoms in total. The van der Waals surface area contributed by atoms with Crippen molar-refractivity contribution >= 4 is 28.8 Å². The first-order valence-corrected chi connectivity index (χ1v) is 10.3. The Bertz CT molecular complexity index is 1320. The number of para-hydroxylation sites is 2. The van der Waals surface area contributed by atoms with Gasteiger partial charge in [0.15, 0.2) is 0 Å². The Kier molecular flexibility index (Phi) is 4.72. The molecule has 0 fully saturated rings. The number of fused-ring (bicyclic) bond motifs is 1. The number of methoxy groups -OCH3 is 1. The standard InChI is InChI=1S/C26H19N3O3/c1-32-22-9-5-3-7-20(22)23-24(28-15-14-18-6-2-4-8-21(18)28)26(31)29(25(23)30)19-12-10-17(16-27)11-13-19/h2-13H,14-15H2,1H3. The number of ether oxygens (including phenoxy) is 1. The second kappa shape index (κ2) is 7.71. The Labute approximate surface area is 185 Å². The van der Waals surface area contributed by atoms with Crippen molar-refractivity contribution in [3.05, 3.63) is 95.2 Å². The molecule has 0 unspecified atom stereocenters. The SMILES string of the molecule is COc1ccccc1C1=C(N2CCc3ccccc32)C(=O)N(c2ccc(C#N)cc2)C1=O. The van der Waals surface area contributed by atoms with Crippen molar-refractivity contribution in [2.75, 3.05) is 23.5 Å². The number of nitrogens with zero attached hydrogens (tertiary/aromatic N) is 3. The average Bonchev–Trinajstić information content (AvgIpc) is 3.37. The third-order valence-corrected chi connectivity index (χ3v) is 5.85. The highest BCUT2D eigenvalue weighted by Gasteiger charge is 2.44. The normalized spacial score (nSPS) is 15.2. The average molecular weight is 421 g/mol. The summed E-state index contributed by atoms with van der Waals surface area (Å²) >= 11 is 0. The first-order chi connectivity index (χ1) is 15.6. The fourth-order valence-corrected chi connectivity index (χ4v) is 4.35. The third kappa shape index (κ3) is 2.95. The van der Waals surface area contributed by atoms with E-state index in [2.05, 4.69) is 6.07 Å². The molecule has 2 aliphatic heterocycles. The Hall–Kier alpha value is -4.37. The summed E-state index contributed by atoms with van der Waals surface area (Å²) in [6, 6.07) is 23.6. The highest BCUT2D eigenvalue weighted by molar-refractivity contribution is 6.46. The molecule has 0 aromatic heterocycles. The Morgan fingerprint density at radius 2 is 1.62 bits per heavy atom. The van der Waals surface area contributed by atoms with Crippen molar-refractivity contribution in [2.24, 2.45) is 0 Å². The van der Waals surface area contributed by atoms with Crippen LogP contribution in [-0.4, -0.2) is 25.5 Å². The lowest BCUT2D eigenvalue weighted by atomic mass is 10.0. The minimum atomic E-state index is -0.413. The van der Waals surface area contributed by atoms with E-state index in [0.29, 0.717) is 40.4 Å². The summed E-state index contributed by atoms with van der Waals surface area (Å²) < 4.78 is 5.52. The molecule has 0 saturated carbocycles. The van der Waals surface area contributed by atoms with Crippen molar-refractivity contribution in [1.29, 1.82) is 5.26 Å². The quantitative estimate of drug-likeness (QED) is 0.597. The molecule has 0 bridgehead atoms. The van der Waals surface area contributed by atoms with Crippen molar-refractivity contribution in [3.63, 3.8) is 0 Å². The number of hydrogen-bond donors (Lipinski definition) is 0. The van der Waals surface area contributed by atoms with Gasteiger partial charge in [-0.2, -0.15) is 5.26 Å². The number of benzene rings is 3. The summed E-state index contributed by atoms with van der Waals surface area (Å²) in [6.45, 7) is 0.605. The van der Waals surface area contributed by atoms with Crippen molar-refractivity contribution in [1.82, 2.24) is 0 Å².